The Hall–Kier alpha value is -0.830. The van der Waals surface area contributed by atoms with Gasteiger partial charge in [-0.3, -0.25) is 4.68 Å². The van der Waals surface area contributed by atoms with E-state index in [9.17, 15) is 0 Å². The van der Waals surface area contributed by atoms with Crippen LogP contribution in [0.1, 0.15) is 38.3 Å². The summed E-state index contributed by atoms with van der Waals surface area (Å²) in [4.78, 5) is 0. The fraction of sp³-hybridized carbons (Fsp3) is 0.750. The van der Waals surface area contributed by atoms with Crippen LogP contribution >= 0.6 is 0 Å². The molecule has 0 spiro atoms. The second-order valence-electron chi connectivity index (χ2n) is 4.69. The first-order valence-corrected chi connectivity index (χ1v) is 5.97. The predicted octanol–water partition coefficient (Wildman–Crippen LogP) is 2.09. The van der Waals surface area contributed by atoms with Crippen LogP contribution in [0.3, 0.4) is 0 Å². The summed E-state index contributed by atoms with van der Waals surface area (Å²) in [7, 11) is 1.96. The minimum Gasteiger partial charge on any atom is -0.308 e. The van der Waals surface area contributed by atoms with Crippen LogP contribution in [0.4, 0.5) is 0 Å². The van der Waals surface area contributed by atoms with E-state index in [0.717, 1.165) is 18.2 Å². The van der Waals surface area contributed by atoms with Gasteiger partial charge in [0.25, 0.3) is 0 Å². The molecule has 1 heterocycles. The third kappa shape index (κ3) is 2.81. The van der Waals surface area contributed by atoms with Gasteiger partial charge in [-0.15, -0.1) is 0 Å². The molecule has 1 fully saturated rings. The first kappa shape index (κ1) is 10.7. The van der Waals surface area contributed by atoms with Crippen LogP contribution in [-0.2, 0) is 13.6 Å². The molecule has 0 aromatic carbocycles. The van der Waals surface area contributed by atoms with Crippen LogP contribution in [0.5, 0.6) is 0 Å². The highest BCUT2D eigenvalue weighted by molar-refractivity contribution is 4.98. The van der Waals surface area contributed by atoms with Crippen molar-refractivity contribution in [1.29, 1.82) is 0 Å². The van der Waals surface area contributed by atoms with E-state index in [-0.39, 0.29) is 0 Å². The molecule has 0 amide bonds. The second-order valence-corrected chi connectivity index (χ2v) is 4.69. The molecule has 3 nitrogen and oxygen atoms in total. The Labute approximate surface area is 91.9 Å². The van der Waals surface area contributed by atoms with Gasteiger partial charge in [-0.1, -0.05) is 12.8 Å². The minimum atomic E-state index is 0.634. The maximum atomic E-state index is 4.36. The Balaban J connectivity index is 1.77. The molecule has 1 N–H and O–H groups in total. The van der Waals surface area contributed by atoms with E-state index in [0.29, 0.717) is 6.04 Å². The number of aryl methyl sites for hydroxylation is 1. The lowest BCUT2D eigenvalue weighted by Gasteiger charge is -2.19. The lowest BCUT2D eigenvalue weighted by atomic mass is 10.00. The number of nitrogens with one attached hydrogen (secondary N) is 1. The first-order chi connectivity index (χ1) is 7.25. The number of hydrogen-bond donors (Lipinski definition) is 1. The van der Waals surface area contributed by atoms with Crippen molar-refractivity contribution in [3.63, 3.8) is 0 Å². The van der Waals surface area contributed by atoms with Gasteiger partial charge in [0, 0.05) is 25.8 Å². The van der Waals surface area contributed by atoms with Gasteiger partial charge in [0.15, 0.2) is 0 Å². The second kappa shape index (κ2) is 4.79. The van der Waals surface area contributed by atoms with Crippen molar-refractivity contribution in [3.05, 3.63) is 18.0 Å². The van der Waals surface area contributed by atoms with Gasteiger partial charge >= 0.3 is 0 Å². The molecule has 2 rings (SSSR count). The Kier molecular flexibility index (Phi) is 3.41. The predicted molar refractivity (Wildman–Crippen MR) is 61.5 cm³/mol. The summed E-state index contributed by atoms with van der Waals surface area (Å²) in [5.41, 5.74) is 1.14. The number of aromatic nitrogens is 2. The van der Waals surface area contributed by atoms with E-state index in [1.165, 1.54) is 25.7 Å². The molecule has 1 saturated carbocycles. The van der Waals surface area contributed by atoms with Crippen LogP contribution in [0.2, 0.25) is 0 Å². The van der Waals surface area contributed by atoms with E-state index in [4.69, 9.17) is 0 Å². The highest BCUT2D eigenvalue weighted by Crippen LogP contribution is 2.27. The molecular weight excluding hydrogens is 186 g/mol. The Bertz CT molecular complexity index is 300. The molecule has 0 bridgehead atoms. The van der Waals surface area contributed by atoms with Crippen LogP contribution in [0.25, 0.3) is 0 Å². The largest absolute Gasteiger partial charge is 0.308 e. The average Bonchev–Trinajstić information content (AvgIpc) is 2.84. The van der Waals surface area contributed by atoms with Crippen LogP contribution in [0.15, 0.2) is 12.3 Å². The average molecular weight is 207 g/mol. The standard InChI is InChI=1S/C12H21N3/c1-10(11-5-3-4-6-11)13-9-12-7-8-15(2)14-12/h7-8,10-11,13H,3-6,9H2,1-2H3/t10-/m0/s1. The van der Waals surface area contributed by atoms with Gasteiger partial charge in [-0.05, 0) is 31.7 Å². The van der Waals surface area contributed by atoms with Crippen molar-refractivity contribution in [3.8, 4) is 0 Å². The van der Waals surface area contributed by atoms with Crippen molar-refractivity contribution in [2.45, 2.75) is 45.2 Å². The lowest BCUT2D eigenvalue weighted by Crippen LogP contribution is -2.31. The molecule has 0 saturated heterocycles. The number of hydrogen-bond acceptors (Lipinski definition) is 2. The van der Waals surface area contributed by atoms with E-state index < -0.39 is 0 Å². The lowest BCUT2D eigenvalue weighted by molar-refractivity contribution is 0.378. The molecule has 84 valence electrons. The van der Waals surface area contributed by atoms with Gasteiger partial charge in [0.05, 0.1) is 5.69 Å². The summed E-state index contributed by atoms with van der Waals surface area (Å²) in [6.07, 6.45) is 7.63. The zero-order chi connectivity index (χ0) is 10.7. The monoisotopic (exact) mass is 207 g/mol. The number of rotatable bonds is 4. The zero-order valence-corrected chi connectivity index (χ0v) is 9.74. The molecule has 1 aromatic rings. The molecular formula is C12H21N3. The summed E-state index contributed by atoms with van der Waals surface area (Å²) in [5, 5.41) is 7.94. The van der Waals surface area contributed by atoms with Crippen LogP contribution < -0.4 is 5.32 Å². The van der Waals surface area contributed by atoms with Gasteiger partial charge in [0.1, 0.15) is 0 Å². The Morgan fingerprint density at radius 1 is 1.53 bits per heavy atom. The quantitative estimate of drug-likeness (QED) is 0.819. The maximum Gasteiger partial charge on any atom is 0.0762 e. The molecule has 0 radical (unpaired) electrons. The smallest absolute Gasteiger partial charge is 0.0762 e. The summed E-state index contributed by atoms with van der Waals surface area (Å²) < 4.78 is 1.86. The summed E-state index contributed by atoms with van der Waals surface area (Å²) in [6.45, 7) is 3.21. The van der Waals surface area contributed by atoms with E-state index in [2.05, 4.69) is 23.4 Å². The zero-order valence-electron chi connectivity index (χ0n) is 9.74. The normalized spacial score (nSPS) is 19.6. The third-order valence-electron chi connectivity index (χ3n) is 3.48. The maximum absolute atomic E-state index is 4.36. The van der Waals surface area contributed by atoms with E-state index in [1.54, 1.807) is 0 Å². The van der Waals surface area contributed by atoms with Crippen molar-refractivity contribution in [1.82, 2.24) is 15.1 Å². The molecule has 15 heavy (non-hydrogen) atoms. The fourth-order valence-corrected chi connectivity index (χ4v) is 2.45. The molecule has 1 aliphatic rings. The van der Waals surface area contributed by atoms with Crippen molar-refractivity contribution >= 4 is 0 Å². The van der Waals surface area contributed by atoms with E-state index >= 15 is 0 Å². The summed E-state index contributed by atoms with van der Waals surface area (Å²) in [5.74, 6) is 0.883. The van der Waals surface area contributed by atoms with Crippen molar-refractivity contribution in [2.24, 2.45) is 13.0 Å². The van der Waals surface area contributed by atoms with E-state index in [1.807, 2.05) is 17.9 Å². The van der Waals surface area contributed by atoms with Gasteiger partial charge in [-0.25, -0.2) is 0 Å². The summed E-state index contributed by atoms with van der Waals surface area (Å²) >= 11 is 0. The van der Waals surface area contributed by atoms with Crippen LogP contribution in [-0.4, -0.2) is 15.8 Å². The fourth-order valence-electron chi connectivity index (χ4n) is 2.45. The van der Waals surface area contributed by atoms with Crippen molar-refractivity contribution < 1.29 is 0 Å². The third-order valence-corrected chi connectivity index (χ3v) is 3.48. The van der Waals surface area contributed by atoms with Gasteiger partial charge < -0.3 is 5.32 Å². The van der Waals surface area contributed by atoms with Gasteiger partial charge in [-0.2, -0.15) is 5.10 Å². The minimum absolute atomic E-state index is 0.634. The van der Waals surface area contributed by atoms with Crippen LogP contribution in [0, 0.1) is 5.92 Å². The molecule has 1 aliphatic carbocycles. The van der Waals surface area contributed by atoms with Crippen molar-refractivity contribution in [2.75, 3.05) is 0 Å². The highest BCUT2D eigenvalue weighted by Gasteiger charge is 2.20. The molecule has 3 heteroatoms. The van der Waals surface area contributed by atoms with Gasteiger partial charge in [0.2, 0.25) is 0 Å². The summed E-state index contributed by atoms with van der Waals surface area (Å²) in [6, 6.07) is 2.71. The molecule has 0 unspecified atom stereocenters. The Morgan fingerprint density at radius 3 is 2.87 bits per heavy atom. The molecule has 1 aromatic heterocycles. The Morgan fingerprint density at radius 2 is 2.27 bits per heavy atom. The highest BCUT2D eigenvalue weighted by atomic mass is 15.3. The molecule has 0 aliphatic heterocycles. The first-order valence-electron chi connectivity index (χ1n) is 5.97. The SMILES string of the molecule is C[C@H](NCc1ccn(C)n1)C1CCCC1. The topological polar surface area (TPSA) is 29.9 Å². The molecule has 1 atom stereocenters. The number of nitrogens with zero attached hydrogens (tertiary/aromatic N) is 2.